The summed E-state index contributed by atoms with van der Waals surface area (Å²) < 4.78 is 36.3. The molecular weight excluding hydrogens is 700 g/mol. The van der Waals surface area contributed by atoms with Crippen LogP contribution in [0.5, 0.6) is 11.5 Å². The minimum atomic E-state index is -5.16. The Morgan fingerprint density at radius 3 is 2.24 bits per heavy atom. The van der Waals surface area contributed by atoms with Gasteiger partial charge in [0.15, 0.2) is 0 Å². The number of primary amides is 1. The summed E-state index contributed by atoms with van der Waals surface area (Å²) >= 11 is 0. The van der Waals surface area contributed by atoms with Crippen LogP contribution in [0, 0.1) is 5.92 Å². The molecule has 0 aromatic heterocycles. The SMILES string of the molecule is NC(=O)c1cc2c(cc1OCC1CCCCC1)OCCCC2NC(=O)C(Cc1ccc(P(=O)(O)O)c(P(=O)(O)O)c1)NC(=O)Cc1ccccc1. The molecule has 8 N–H and O–H groups in total. The predicted molar refractivity (Wildman–Crippen MR) is 188 cm³/mol. The lowest BCUT2D eigenvalue weighted by Crippen LogP contribution is -2.49. The zero-order chi connectivity index (χ0) is 36.8. The number of hydrogen-bond acceptors (Lipinski definition) is 7. The molecule has 1 aliphatic carbocycles. The Bertz CT molecular complexity index is 1840. The molecule has 16 heteroatoms. The Labute approximate surface area is 295 Å². The maximum absolute atomic E-state index is 14.0. The summed E-state index contributed by atoms with van der Waals surface area (Å²) in [5.41, 5.74) is 7.21. The van der Waals surface area contributed by atoms with Gasteiger partial charge < -0.3 is 45.4 Å². The van der Waals surface area contributed by atoms with E-state index in [0.717, 1.165) is 37.8 Å². The third-order valence-electron chi connectivity index (χ3n) is 9.13. The normalized spacial score (nSPS) is 17.3. The maximum Gasteiger partial charge on any atom is 0.357 e. The van der Waals surface area contributed by atoms with Crippen LogP contribution in [0.25, 0.3) is 0 Å². The molecule has 3 aromatic carbocycles. The van der Waals surface area contributed by atoms with E-state index in [4.69, 9.17) is 15.2 Å². The van der Waals surface area contributed by atoms with Crippen molar-refractivity contribution >= 4 is 43.5 Å². The van der Waals surface area contributed by atoms with Gasteiger partial charge in [-0.25, -0.2) is 0 Å². The third kappa shape index (κ3) is 10.3. The Morgan fingerprint density at radius 1 is 0.863 bits per heavy atom. The van der Waals surface area contributed by atoms with E-state index in [1.807, 2.05) is 0 Å². The standard InChI is InChI=1S/C35H43N3O11P2/c36-34(40)26-19-25-27(12-7-15-48-29(25)20-30(26)49-21-23-10-5-2-6-11-23)38-35(41)28(37-33(39)18-22-8-3-1-4-9-22)16-24-13-14-31(50(42,43)44)32(17-24)51(45,46)47/h1,3-4,8-9,13-14,17,19-20,23,27-28H,2,5-7,10-12,15-16,18,21H2,(H2,36,40)(H,37,39)(H,38,41)(H2,42,43,44)(H2,45,46,47). The molecule has 0 saturated heterocycles. The molecule has 3 amide bonds. The minimum absolute atomic E-state index is 0.0683. The van der Waals surface area contributed by atoms with Gasteiger partial charge in [-0.05, 0) is 60.9 Å². The van der Waals surface area contributed by atoms with E-state index in [9.17, 15) is 43.1 Å². The molecule has 3 aromatic rings. The number of nitrogens with one attached hydrogen (secondary N) is 2. The number of benzene rings is 3. The van der Waals surface area contributed by atoms with Crippen LogP contribution < -0.4 is 36.5 Å². The van der Waals surface area contributed by atoms with Crippen molar-refractivity contribution in [1.82, 2.24) is 10.6 Å². The summed E-state index contributed by atoms with van der Waals surface area (Å²) in [6.07, 6.45) is 6.12. The van der Waals surface area contributed by atoms with Gasteiger partial charge in [-0.15, -0.1) is 0 Å². The lowest BCUT2D eigenvalue weighted by atomic mass is 9.90. The van der Waals surface area contributed by atoms with E-state index in [1.165, 1.54) is 12.5 Å². The van der Waals surface area contributed by atoms with Gasteiger partial charge in [-0.3, -0.25) is 23.5 Å². The summed E-state index contributed by atoms with van der Waals surface area (Å²) in [6.45, 7) is 0.758. The highest BCUT2D eigenvalue weighted by Crippen LogP contribution is 2.41. The third-order valence-corrected chi connectivity index (χ3v) is 11.3. The van der Waals surface area contributed by atoms with Gasteiger partial charge in [-0.1, -0.05) is 55.7 Å². The first-order valence-electron chi connectivity index (χ1n) is 16.8. The Hall–Kier alpha value is -4.03. The highest BCUT2D eigenvalue weighted by Gasteiger charge is 2.33. The molecule has 1 aliphatic heterocycles. The first kappa shape index (κ1) is 38.2. The number of hydrogen-bond donors (Lipinski definition) is 7. The second-order valence-corrected chi connectivity index (χ2v) is 16.2. The molecule has 51 heavy (non-hydrogen) atoms. The fourth-order valence-electron chi connectivity index (χ4n) is 6.54. The molecule has 1 saturated carbocycles. The molecule has 14 nitrogen and oxygen atoms in total. The van der Waals surface area contributed by atoms with Crippen molar-refractivity contribution in [1.29, 1.82) is 0 Å². The topological polar surface area (TPSA) is 235 Å². The van der Waals surface area contributed by atoms with E-state index < -0.39 is 55.6 Å². The van der Waals surface area contributed by atoms with Crippen LogP contribution in [-0.4, -0.2) is 56.6 Å². The second kappa shape index (κ2) is 16.5. The summed E-state index contributed by atoms with van der Waals surface area (Å²) in [6, 6.07) is 13.1. The number of nitrogens with two attached hydrogens (primary N) is 1. The average molecular weight is 744 g/mol. The van der Waals surface area contributed by atoms with Crippen LogP contribution in [0.2, 0.25) is 0 Å². The van der Waals surface area contributed by atoms with Crippen molar-refractivity contribution in [2.75, 3.05) is 13.2 Å². The molecule has 1 heterocycles. The fourth-order valence-corrected chi connectivity index (χ4v) is 8.66. The average Bonchev–Trinajstić information content (AvgIpc) is 3.27. The molecular formula is C35H43N3O11P2. The molecule has 0 bridgehead atoms. The van der Waals surface area contributed by atoms with Gasteiger partial charge in [0, 0.05) is 18.1 Å². The Morgan fingerprint density at radius 2 is 1.57 bits per heavy atom. The first-order chi connectivity index (χ1) is 24.2. The fraction of sp³-hybridized carbons (Fsp3) is 0.400. The van der Waals surface area contributed by atoms with Crippen molar-refractivity contribution < 1.29 is 52.6 Å². The highest BCUT2D eigenvalue weighted by molar-refractivity contribution is 7.67. The van der Waals surface area contributed by atoms with Crippen molar-refractivity contribution in [3.63, 3.8) is 0 Å². The van der Waals surface area contributed by atoms with Gasteiger partial charge in [0.25, 0.3) is 5.91 Å². The largest absolute Gasteiger partial charge is 0.493 e. The predicted octanol–water partition coefficient (Wildman–Crippen LogP) is 2.65. The molecule has 274 valence electrons. The second-order valence-electron chi connectivity index (χ2n) is 13.0. The van der Waals surface area contributed by atoms with Crippen molar-refractivity contribution in [2.24, 2.45) is 11.7 Å². The molecule has 2 unspecified atom stereocenters. The zero-order valence-corrected chi connectivity index (χ0v) is 29.7. The van der Waals surface area contributed by atoms with Crippen molar-refractivity contribution in [2.45, 2.75) is 69.9 Å². The molecule has 1 fully saturated rings. The van der Waals surface area contributed by atoms with E-state index in [1.54, 1.807) is 42.5 Å². The van der Waals surface area contributed by atoms with Gasteiger partial charge >= 0.3 is 15.2 Å². The van der Waals surface area contributed by atoms with E-state index >= 15 is 0 Å². The van der Waals surface area contributed by atoms with Crippen molar-refractivity contribution in [3.05, 3.63) is 82.9 Å². The van der Waals surface area contributed by atoms with Crippen LogP contribution in [-0.2, 0) is 31.6 Å². The van der Waals surface area contributed by atoms with Gasteiger partial charge in [-0.2, -0.15) is 0 Å². The van der Waals surface area contributed by atoms with E-state index in [0.29, 0.717) is 54.6 Å². The maximum atomic E-state index is 14.0. The molecule has 0 radical (unpaired) electrons. The molecule has 2 atom stereocenters. The lowest BCUT2D eigenvalue weighted by molar-refractivity contribution is -0.129. The highest BCUT2D eigenvalue weighted by atomic mass is 31.2. The van der Waals surface area contributed by atoms with Gasteiger partial charge in [0.1, 0.15) is 17.5 Å². The number of ether oxygens (including phenoxy) is 2. The van der Waals surface area contributed by atoms with E-state index in [2.05, 4.69) is 10.6 Å². The molecule has 2 aliphatic rings. The smallest absolute Gasteiger partial charge is 0.357 e. The summed E-state index contributed by atoms with van der Waals surface area (Å²) in [4.78, 5) is 79.0. The zero-order valence-electron chi connectivity index (χ0n) is 27.9. The summed E-state index contributed by atoms with van der Waals surface area (Å²) in [5.74, 6) is -0.801. The van der Waals surface area contributed by atoms with Crippen LogP contribution in [0.4, 0.5) is 0 Å². The number of amides is 3. The lowest BCUT2D eigenvalue weighted by Gasteiger charge is -2.25. The van der Waals surface area contributed by atoms with E-state index in [-0.39, 0.29) is 24.0 Å². The first-order valence-corrected chi connectivity index (χ1v) is 20.0. The van der Waals surface area contributed by atoms with Crippen LogP contribution in [0.3, 0.4) is 0 Å². The van der Waals surface area contributed by atoms with Gasteiger partial charge in [0.05, 0.1) is 41.8 Å². The summed E-state index contributed by atoms with van der Waals surface area (Å²) in [5, 5.41) is 3.95. The molecule has 5 rings (SSSR count). The van der Waals surface area contributed by atoms with Gasteiger partial charge in [0.2, 0.25) is 11.8 Å². The Balaban J connectivity index is 1.43. The number of carbonyl (C=O) groups is 3. The number of carbonyl (C=O) groups excluding carboxylic acids is 3. The van der Waals surface area contributed by atoms with Crippen LogP contribution in [0.15, 0.2) is 60.7 Å². The summed E-state index contributed by atoms with van der Waals surface area (Å²) in [7, 11) is -10.2. The van der Waals surface area contributed by atoms with Crippen LogP contribution in [0.1, 0.15) is 78.0 Å². The quantitative estimate of drug-likeness (QED) is 0.126. The monoisotopic (exact) mass is 743 g/mol. The number of fused-ring (bicyclic) bond motifs is 1. The minimum Gasteiger partial charge on any atom is -0.493 e. The number of rotatable bonds is 13. The van der Waals surface area contributed by atoms with Crippen LogP contribution >= 0.6 is 15.2 Å². The Kier molecular flexibility index (Phi) is 12.4. The van der Waals surface area contributed by atoms with Crippen molar-refractivity contribution in [3.8, 4) is 11.5 Å². The molecule has 0 spiro atoms.